The van der Waals surface area contributed by atoms with E-state index in [1.807, 2.05) is 61.5 Å². The van der Waals surface area contributed by atoms with E-state index in [2.05, 4.69) is 15.1 Å². The summed E-state index contributed by atoms with van der Waals surface area (Å²) in [6.45, 7) is 3.81. The maximum Gasteiger partial charge on any atom is 0.416 e. The normalized spacial score (nSPS) is 20.0. The Labute approximate surface area is 214 Å². The lowest BCUT2D eigenvalue weighted by Gasteiger charge is -2.50. The lowest BCUT2D eigenvalue weighted by molar-refractivity contribution is -0.137. The SMILES string of the molecule is COc1ccc(N2CCN3c4ccc(C(F)(F)F)cc4C[C@H](C(=O)N[C@@H](C)c4ccccc4)[C@@H]3C2)cc1. The minimum Gasteiger partial charge on any atom is -0.497 e. The molecule has 194 valence electrons. The van der Waals surface area contributed by atoms with Crippen LogP contribution in [-0.4, -0.2) is 38.7 Å². The first-order valence-corrected chi connectivity index (χ1v) is 12.5. The second-order valence-corrected chi connectivity index (χ2v) is 9.70. The number of benzene rings is 3. The smallest absolute Gasteiger partial charge is 0.416 e. The highest BCUT2D eigenvalue weighted by Crippen LogP contribution is 2.40. The van der Waals surface area contributed by atoms with Gasteiger partial charge < -0.3 is 19.9 Å². The molecule has 37 heavy (non-hydrogen) atoms. The third-order valence-electron chi connectivity index (χ3n) is 7.47. The van der Waals surface area contributed by atoms with Crippen LogP contribution in [0.25, 0.3) is 0 Å². The van der Waals surface area contributed by atoms with Crippen molar-refractivity contribution in [3.63, 3.8) is 0 Å². The van der Waals surface area contributed by atoms with Crippen molar-refractivity contribution in [2.75, 3.05) is 36.5 Å². The highest BCUT2D eigenvalue weighted by molar-refractivity contribution is 5.83. The van der Waals surface area contributed by atoms with Gasteiger partial charge in [0, 0.05) is 31.0 Å². The molecule has 1 amide bonds. The number of hydrogen-bond acceptors (Lipinski definition) is 4. The van der Waals surface area contributed by atoms with Gasteiger partial charge in [0.05, 0.1) is 30.7 Å². The monoisotopic (exact) mass is 509 g/mol. The van der Waals surface area contributed by atoms with Gasteiger partial charge in [-0.1, -0.05) is 30.3 Å². The van der Waals surface area contributed by atoms with E-state index < -0.39 is 17.7 Å². The number of fused-ring (bicyclic) bond motifs is 3. The molecule has 1 fully saturated rings. The van der Waals surface area contributed by atoms with Gasteiger partial charge in [-0.25, -0.2) is 0 Å². The summed E-state index contributed by atoms with van der Waals surface area (Å²) in [7, 11) is 1.62. The van der Waals surface area contributed by atoms with Crippen LogP contribution < -0.4 is 19.9 Å². The molecule has 3 atom stereocenters. The minimum absolute atomic E-state index is 0.147. The number of alkyl halides is 3. The van der Waals surface area contributed by atoms with Crippen molar-refractivity contribution in [1.29, 1.82) is 0 Å². The predicted molar refractivity (Wildman–Crippen MR) is 138 cm³/mol. The fourth-order valence-corrected chi connectivity index (χ4v) is 5.47. The molecule has 8 heteroatoms. The number of methoxy groups -OCH3 is 1. The quantitative estimate of drug-likeness (QED) is 0.496. The summed E-state index contributed by atoms with van der Waals surface area (Å²) in [6, 6.07) is 21.0. The largest absolute Gasteiger partial charge is 0.497 e. The zero-order valence-electron chi connectivity index (χ0n) is 20.8. The minimum atomic E-state index is -4.43. The van der Waals surface area contributed by atoms with Crippen molar-refractivity contribution >= 4 is 17.3 Å². The van der Waals surface area contributed by atoms with Gasteiger partial charge in [-0.05, 0) is 66.9 Å². The molecule has 0 aromatic heterocycles. The molecule has 0 spiro atoms. The van der Waals surface area contributed by atoms with Crippen molar-refractivity contribution in [2.45, 2.75) is 31.6 Å². The van der Waals surface area contributed by atoms with Crippen molar-refractivity contribution < 1.29 is 22.7 Å². The Morgan fingerprint density at radius 1 is 1.03 bits per heavy atom. The molecule has 0 unspecified atom stereocenters. The van der Waals surface area contributed by atoms with Gasteiger partial charge in [0.25, 0.3) is 0 Å². The van der Waals surface area contributed by atoms with Gasteiger partial charge in [0.2, 0.25) is 5.91 Å². The number of ether oxygens (including phenoxy) is 1. The number of piperazine rings is 1. The lowest BCUT2D eigenvalue weighted by Crippen LogP contribution is -2.61. The summed E-state index contributed by atoms with van der Waals surface area (Å²) in [6.07, 6.45) is -4.18. The summed E-state index contributed by atoms with van der Waals surface area (Å²) in [5.74, 6) is 0.121. The number of rotatable bonds is 5. The Kier molecular flexibility index (Phi) is 6.75. The molecule has 0 radical (unpaired) electrons. The molecular formula is C29H30F3N3O2. The summed E-state index contributed by atoms with van der Waals surface area (Å²) in [4.78, 5) is 18.0. The zero-order chi connectivity index (χ0) is 26.2. The Morgan fingerprint density at radius 2 is 1.76 bits per heavy atom. The van der Waals surface area contributed by atoms with Gasteiger partial charge >= 0.3 is 6.18 Å². The van der Waals surface area contributed by atoms with Crippen LogP contribution in [0.4, 0.5) is 24.5 Å². The Balaban J connectivity index is 1.45. The van der Waals surface area contributed by atoms with Crippen molar-refractivity contribution in [1.82, 2.24) is 5.32 Å². The molecule has 5 nitrogen and oxygen atoms in total. The topological polar surface area (TPSA) is 44.8 Å². The van der Waals surface area contributed by atoms with E-state index in [0.717, 1.165) is 28.8 Å². The Hall–Kier alpha value is -3.68. The summed E-state index contributed by atoms with van der Waals surface area (Å²) in [5, 5.41) is 3.12. The molecule has 1 N–H and O–H groups in total. The molecule has 2 aliphatic rings. The van der Waals surface area contributed by atoms with Crippen LogP contribution in [0, 0.1) is 5.92 Å². The van der Waals surface area contributed by atoms with Gasteiger partial charge in [0.15, 0.2) is 0 Å². The van der Waals surface area contributed by atoms with Crippen LogP contribution in [0.3, 0.4) is 0 Å². The molecular weight excluding hydrogens is 479 g/mol. The van der Waals surface area contributed by atoms with Crippen molar-refractivity contribution in [3.8, 4) is 5.75 Å². The van der Waals surface area contributed by atoms with Gasteiger partial charge in [-0.2, -0.15) is 13.2 Å². The third-order valence-corrected chi connectivity index (χ3v) is 7.47. The number of nitrogens with one attached hydrogen (secondary N) is 1. The van der Waals surface area contributed by atoms with E-state index in [-0.39, 0.29) is 24.4 Å². The highest BCUT2D eigenvalue weighted by atomic mass is 19.4. The average Bonchev–Trinajstić information content (AvgIpc) is 2.92. The van der Waals surface area contributed by atoms with Crippen LogP contribution in [-0.2, 0) is 17.4 Å². The summed E-state index contributed by atoms with van der Waals surface area (Å²) >= 11 is 0. The number of anilines is 2. The molecule has 0 aliphatic carbocycles. The van der Waals surface area contributed by atoms with E-state index in [1.54, 1.807) is 13.2 Å². The predicted octanol–water partition coefficient (Wildman–Crippen LogP) is 5.46. The number of carbonyl (C=O) groups is 1. The third kappa shape index (κ3) is 5.10. The number of hydrogen-bond donors (Lipinski definition) is 1. The van der Waals surface area contributed by atoms with Crippen LogP contribution in [0.15, 0.2) is 72.8 Å². The highest BCUT2D eigenvalue weighted by Gasteiger charge is 2.43. The number of carbonyl (C=O) groups excluding carboxylic acids is 1. The van der Waals surface area contributed by atoms with E-state index in [9.17, 15) is 18.0 Å². The van der Waals surface area contributed by atoms with E-state index in [0.29, 0.717) is 25.2 Å². The first kappa shape index (κ1) is 25.0. The Morgan fingerprint density at radius 3 is 2.43 bits per heavy atom. The summed E-state index contributed by atoms with van der Waals surface area (Å²) in [5.41, 5.74) is 2.67. The maximum absolute atomic E-state index is 13.7. The van der Waals surface area contributed by atoms with Crippen LogP contribution >= 0.6 is 0 Å². The fraction of sp³-hybridized carbons (Fsp3) is 0.345. The van der Waals surface area contributed by atoms with Gasteiger partial charge in [-0.15, -0.1) is 0 Å². The molecule has 1 saturated heterocycles. The van der Waals surface area contributed by atoms with Crippen LogP contribution in [0.1, 0.15) is 29.7 Å². The number of nitrogens with zero attached hydrogens (tertiary/aromatic N) is 2. The fourth-order valence-electron chi connectivity index (χ4n) is 5.47. The molecule has 0 bridgehead atoms. The second kappa shape index (κ2) is 10.00. The van der Waals surface area contributed by atoms with E-state index in [1.165, 1.54) is 6.07 Å². The Bertz CT molecular complexity index is 1250. The second-order valence-electron chi connectivity index (χ2n) is 9.70. The van der Waals surface area contributed by atoms with Crippen molar-refractivity contribution in [2.24, 2.45) is 5.92 Å². The molecule has 2 aliphatic heterocycles. The molecule has 3 aromatic carbocycles. The van der Waals surface area contributed by atoms with Crippen molar-refractivity contribution in [3.05, 3.63) is 89.5 Å². The molecule has 0 saturated carbocycles. The van der Waals surface area contributed by atoms with E-state index >= 15 is 0 Å². The molecule has 3 aromatic rings. The van der Waals surface area contributed by atoms with Crippen LogP contribution in [0.5, 0.6) is 5.75 Å². The molecule has 5 rings (SSSR count). The molecule has 2 heterocycles. The number of halogens is 3. The maximum atomic E-state index is 13.7. The number of amides is 1. The summed E-state index contributed by atoms with van der Waals surface area (Å²) < 4.78 is 45.7. The standard InChI is InChI=1S/C29H30F3N3O2/c1-19(20-6-4-3-5-7-20)33-28(36)25-17-21-16-22(29(30,31)32)8-13-26(21)35-15-14-34(18-27(25)35)23-9-11-24(37-2)12-10-23/h3-13,16,19,25,27H,14-15,17-18H2,1-2H3,(H,33,36)/t19-,25-,27-/m0/s1. The first-order valence-electron chi connectivity index (χ1n) is 12.5. The lowest BCUT2D eigenvalue weighted by atomic mass is 9.82. The van der Waals surface area contributed by atoms with Gasteiger partial charge in [-0.3, -0.25) is 4.79 Å². The average molecular weight is 510 g/mol. The zero-order valence-corrected chi connectivity index (χ0v) is 20.8. The van der Waals surface area contributed by atoms with E-state index in [4.69, 9.17) is 4.74 Å². The van der Waals surface area contributed by atoms with Gasteiger partial charge in [0.1, 0.15) is 5.75 Å². The first-order chi connectivity index (χ1) is 17.7. The van der Waals surface area contributed by atoms with Crippen LogP contribution in [0.2, 0.25) is 0 Å².